The highest BCUT2D eigenvalue weighted by atomic mass is 19.1. The number of benzene rings is 1. The predicted octanol–water partition coefficient (Wildman–Crippen LogP) is 2.78. The van der Waals surface area contributed by atoms with Crippen molar-refractivity contribution >= 4 is 0 Å². The average Bonchev–Trinajstić information content (AvgIpc) is 2.35. The quantitative estimate of drug-likeness (QED) is 0.702. The standard InChI is InChI=1S/C14H22FNO2/c1-11(16)13-10-12(15)6-7-14(13)18-9-5-3-2-4-8-17/h6-7,10-11,17H,2-5,8-9,16H2,1H3/t11-/m0/s1. The van der Waals surface area contributed by atoms with E-state index in [1.54, 1.807) is 6.07 Å². The van der Waals surface area contributed by atoms with Crippen LogP contribution in [0, 0.1) is 5.82 Å². The van der Waals surface area contributed by atoms with Crippen LogP contribution < -0.4 is 10.5 Å². The Morgan fingerprint density at radius 3 is 2.67 bits per heavy atom. The Kier molecular flexibility index (Phi) is 6.68. The first-order chi connectivity index (χ1) is 8.65. The van der Waals surface area contributed by atoms with Crippen LogP contribution in [0.1, 0.15) is 44.2 Å². The van der Waals surface area contributed by atoms with Gasteiger partial charge in [0.25, 0.3) is 0 Å². The van der Waals surface area contributed by atoms with Crippen molar-refractivity contribution < 1.29 is 14.2 Å². The summed E-state index contributed by atoms with van der Waals surface area (Å²) in [4.78, 5) is 0. The van der Waals surface area contributed by atoms with Gasteiger partial charge in [-0.1, -0.05) is 6.42 Å². The van der Waals surface area contributed by atoms with E-state index in [1.165, 1.54) is 12.1 Å². The minimum absolute atomic E-state index is 0.244. The number of rotatable bonds is 8. The van der Waals surface area contributed by atoms with Gasteiger partial charge in [0.2, 0.25) is 0 Å². The third-order valence-electron chi connectivity index (χ3n) is 2.77. The average molecular weight is 255 g/mol. The molecule has 0 saturated carbocycles. The second-order valence-electron chi connectivity index (χ2n) is 4.46. The number of halogens is 1. The molecule has 0 radical (unpaired) electrons. The third-order valence-corrected chi connectivity index (χ3v) is 2.77. The Morgan fingerprint density at radius 1 is 1.28 bits per heavy atom. The minimum Gasteiger partial charge on any atom is -0.493 e. The molecule has 4 heteroatoms. The summed E-state index contributed by atoms with van der Waals surface area (Å²) in [5.74, 6) is 0.367. The highest BCUT2D eigenvalue weighted by Gasteiger charge is 2.09. The lowest BCUT2D eigenvalue weighted by Crippen LogP contribution is -2.09. The van der Waals surface area contributed by atoms with Crippen molar-refractivity contribution in [2.45, 2.75) is 38.6 Å². The first-order valence-corrected chi connectivity index (χ1v) is 6.44. The molecule has 0 aliphatic heterocycles. The number of aliphatic hydroxyl groups excluding tert-OH is 1. The predicted molar refractivity (Wildman–Crippen MR) is 70.1 cm³/mol. The molecule has 1 atom stereocenters. The van der Waals surface area contributed by atoms with Gasteiger partial charge in [0, 0.05) is 18.2 Å². The Hall–Kier alpha value is -1.13. The fourth-order valence-corrected chi connectivity index (χ4v) is 1.76. The van der Waals surface area contributed by atoms with E-state index in [0.29, 0.717) is 17.9 Å². The Morgan fingerprint density at radius 2 is 2.00 bits per heavy atom. The van der Waals surface area contributed by atoms with Crippen LogP contribution in [0.4, 0.5) is 4.39 Å². The van der Waals surface area contributed by atoms with Crippen molar-refractivity contribution in [3.05, 3.63) is 29.6 Å². The number of unbranched alkanes of at least 4 members (excludes halogenated alkanes) is 3. The molecular formula is C14H22FNO2. The zero-order valence-electron chi connectivity index (χ0n) is 10.9. The molecule has 0 bridgehead atoms. The number of ether oxygens (including phenoxy) is 1. The van der Waals surface area contributed by atoms with Gasteiger partial charge in [-0.3, -0.25) is 0 Å². The van der Waals surface area contributed by atoms with Crippen LogP contribution in [-0.4, -0.2) is 18.3 Å². The molecule has 1 rings (SSSR count). The third kappa shape index (κ3) is 5.02. The molecule has 0 spiro atoms. The Labute approximate surface area is 108 Å². The van der Waals surface area contributed by atoms with Crippen molar-refractivity contribution in [1.29, 1.82) is 0 Å². The molecule has 0 amide bonds. The van der Waals surface area contributed by atoms with E-state index in [9.17, 15) is 4.39 Å². The molecule has 0 fully saturated rings. The van der Waals surface area contributed by atoms with Crippen molar-refractivity contribution in [2.75, 3.05) is 13.2 Å². The summed E-state index contributed by atoms with van der Waals surface area (Å²) in [7, 11) is 0. The molecule has 0 unspecified atom stereocenters. The van der Waals surface area contributed by atoms with Gasteiger partial charge in [0.1, 0.15) is 11.6 Å². The highest BCUT2D eigenvalue weighted by Crippen LogP contribution is 2.24. The van der Waals surface area contributed by atoms with Crippen LogP contribution in [0.3, 0.4) is 0 Å². The molecule has 3 N–H and O–H groups in total. The zero-order valence-corrected chi connectivity index (χ0v) is 10.9. The fraction of sp³-hybridized carbons (Fsp3) is 0.571. The topological polar surface area (TPSA) is 55.5 Å². The first kappa shape index (κ1) is 14.9. The summed E-state index contributed by atoms with van der Waals surface area (Å²) in [5.41, 5.74) is 6.48. The molecule has 0 aromatic heterocycles. The molecule has 18 heavy (non-hydrogen) atoms. The van der Waals surface area contributed by atoms with E-state index >= 15 is 0 Å². The molecule has 1 aromatic rings. The number of nitrogens with two attached hydrogens (primary N) is 1. The van der Waals surface area contributed by atoms with Gasteiger partial charge in [0.15, 0.2) is 0 Å². The van der Waals surface area contributed by atoms with E-state index < -0.39 is 0 Å². The summed E-state index contributed by atoms with van der Waals surface area (Å²) in [6.07, 6.45) is 3.79. The van der Waals surface area contributed by atoms with Crippen molar-refractivity contribution in [1.82, 2.24) is 0 Å². The summed E-state index contributed by atoms with van der Waals surface area (Å²) >= 11 is 0. The van der Waals surface area contributed by atoms with Crippen LogP contribution >= 0.6 is 0 Å². The second kappa shape index (κ2) is 8.06. The summed E-state index contributed by atoms with van der Waals surface area (Å²) in [6.45, 7) is 2.65. The van der Waals surface area contributed by atoms with Crippen molar-refractivity contribution in [3.63, 3.8) is 0 Å². The van der Waals surface area contributed by atoms with Gasteiger partial charge < -0.3 is 15.6 Å². The van der Waals surface area contributed by atoms with Crippen LogP contribution in [0.5, 0.6) is 5.75 Å². The Bertz CT molecular complexity index is 356. The smallest absolute Gasteiger partial charge is 0.124 e. The SMILES string of the molecule is C[C@H](N)c1cc(F)ccc1OCCCCCCO. The summed E-state index contributed by atoms with van der Waals surface area (Å²) in [5, 5.41) is 8.64. The van der Waals surface area contributed by atoms with E-state index in [-0.39, 0.29) is 18.5 Å². The van der Waals surface area contributed by atoms with Crippen LogP contribution in [0.2, 0.25) is 0 Å². The summed E-state index contributed by atoms with van der Waals surface area (Å²) < 4.78 is 18.7. The van der Waals surface area contributed by atoms with Gasteiger partial charge in [-0.2, -0.15) is 0 Å². The fourth-order valence-electron chi connectivity index (χ4n) is 1.76. The van der Waals surface area contributed by atoms with E-state index in [1.807, 2.05) is 6.92 Å². The molecule has 0 aliphatic carbocycles. The number of hydrogen-bond acceptors (Lipinski definition) is 3. The maximum atomic E-state index is 13.1. The van der Waals surface area contributed by atoms with E-state index in [4.69, 9.17) is 15.6 Å². The number of aliphatic hydroxyl groups is 1. The van der Waals surface area contributed by atoms with Gasteiger partial charge in [0.05, 0.1) is 6.61 Å². The molecule has 0 aliphatic rings. The molecule has 0 heterocycles. The monoisotopic (exact) mass is 255 g/mol. The molecular weight excluding hydrogens is 233 g/mol. The first-order valence-electron chi connectivity index (χ1n) is 6.44. The molecule has 1 aromatic carbocycles. The van der Waals surface area contributed by atoms with Crippen LogP contribution in [-0.2, 0) is 0 Å². The maximum Gasteiger partial charge on any atom is 0.124 e. The largest absolute Gasteiger partial charge is 0.493 e. The maximum absolute atomic E-state index is 13.1. The van der Waals surface area contributed by atoms with Crippen LogP contribution in [0.25, 0.3) is 0 Å². The zero-order chi connectivity index (χ0) is 13.4. The van der Waals surface area contributed by atoms with Gasteiger partial charge in [-0.25, -0.2) is 4.39 Å². The second-order valence-corrected chi connectivity index (χ2v) is 4.46. The van der Waals surface area contributed by atoms with E-state index in [0.717, 1.165) is 25.7 Å². The molecule has 0 saturated heterocycles. The lowest BCUT2D eigenvalue weighted by atomic mass is 10.1. The molecule has 102 valence electrons. The normalized spacial score (nSPS) is 12.4. The van der Waals surface area contributed by atoms with Crippen LogP contribution in [0.15, 0.2) is 18.2 Å². The Balaban J connectivity index is 2.42. The van der Waals surface area contributed by atoms with E-state index in [2.05, 4.69) is 0 Å². The minimum atomic E-state index is -0.294. The lowest BCUT2D eigenvalue weighted by Gasteiger charge is -2.14. The van der Waals surface area contributed by atoms with Gasteiger partial charge in [-0.15, -0.1) is 0 Å². The number of hydrogen-bond donors (Lipinski definition) is 2. The lowest BCUT2D eigenvalue weighted by molar-refractivity contribution is 0.272. The molecule has 3 nitrogen and oxygen atoms in total. The van der Waals surface area contributed by atoms with Crippen molar-refractivity contribution in [2.24, 2.45) is 5.73 Å². The van der Waals surface area contributed by atoms with Gasteiger partial charge >= 0.3 is 0 Å². The highest BCUT2D eigenvalue weighted by molar-refractivity contribution is 5.36. The van der Waals surface area contributed by atoms with Gasteiger partial charge in [-0.05, 0) is 44.4 Å². The summed E-state index contributed by atoms with van der Waals surface area (Å²) in [6, 6.07) is 4.19. The van der Waals surface area contributed by atoms with Crippen molar-refractivity contribution in [3.8, 4) is 5.75 Å².